The van der Waals surface area contributed by atoms with Gasteiger partial charge in [-0.15, -0.1) is 0 Å². The summed E-state index contributed by atoms with van der Waals surface area (Å²) in [5.41, 5.74) is 3.29. The number of aromatic nitrogens is 1. The number of benzene rings is 2. The topological polar surface area (TPSA) is 59.6 Å². The van der Waals surface area contributed by atoms with Gasteiger partial charge in [-0.3, -0.25) is 4.79 Å². The van der Waals surface area contributed by atoms with E-state index in [0.717, 1.165) is 68.3 Å². The number of aromatic amines is 1. The highest BCUT2D eigenvalue weighted by Gasteiger charge is 2.31. The molecule has 190 valence electrons. The molecule has 2 saturated heterocycles. The number of aromatic hydroxyl groups is 1. The number of rotatable bonds is 5. The van der Waals surface area contributed by atoms with Crippen LogP contribution in [-0.4, -0.2) is 58.0 Å². The van der Waals surface area contributed by atoms with Crippen molar-refractivity contribution in [2.45, 2.75) is 44.6 Å². The quantitative estimate of drug-likeness (QED) is 0.364. The first-order valence-electron chi connectivity index (χ1n) is 12.8. The molecular weight excluding hydrogens is 493 g/mol. The average molecular weight is 527 g/mol. The molecule has 2 aromatic carbocycles. The summed E-state index contributed by atoms with van der Waals surface area (Å²) in [6, 6.07) is 11.5. The van der Waals surface area contributed by atoms with E-state index in [-0.39, 0.29) is 5.91 Å². The van der Waals surface area contributed by atoms with Crippen LogP contribution < -0.4 is 0 Å². The molecule has 5 rings (SSSR count). The second-order valence-electron chi connectivity index (χ2n) is 10.2. The van der Waals surface area contributed by atoms with Crippen LogP contribution in [0.1, 0.15) is 49.7 Å². The van der Waals surface area contributed by atoms with Gasteiger partial charge >= 0.3 is 0 Å². The van der Waals surface area contributed by atoms with Crippen LogP contribution in [0, 0.1) is 5.92 Å². The first-order valence-corrected chi connectivity index (χ1v) is 13.6. The Hall–Kier alpha value is -2.47. The van der Waals surface area contributed by atoms with E-state index >= 15 is 0 Å². The number of phenols is 1. The van der Waals surface area contributed by atoms with Gasteiger partial charge in [-0.05, 0) is 105 Å². The molecule has 0 saturated carbocycles. The minimum absolute atomic E-state index is 0.0535. The third kappa shape index (κ3) is 5.44. The van der Waals surface area contributed by atoms with Crippen molar-refractivity contribution in [1.82, 2.24) is 14.8 Å². The molecule has 1 aromatic heterocycles. The number of fused-ring (bicyclic) bond motifs is 1. The Morgan fingerprint density at radius 1 is 1.03 bits per heavy atom. The first kappa shape index (κ1) is 25.2. The molecule has 0 bridgehead atoms. The van der Waals surface area contributed by atoms with Crippen LogP contribution in [0.2, 0.25) is 10.0 Å². The SMILES string of the molecule is CC(C1CCN(C(=O)C=Cc2ccc(Cl)c(Cl)c2)CC1)N1CCC(c2c[nH]c3ccc(O)cc23)CC1. The molecule has 1 amide bonds. The van der Waals surface area contributed by atoms with Crippen molar-refractivity contribution in [3.8, 4) is 5.75 Å². The highest BCUT2D eigenvalue weighted by molar-refractivity contribution is 6.42. The number of phenolic OH excluding ortho intramolecular Hbond substituents is 1. The van der Waals surface area contributed by atoms with E-state index in [2.05, 4.69) is 23.0 Å². The van der Waals surface area contributed by atoms with Gasteiger partial charge in [0.25, 0.3) is 0 Å². The van der Waals surface area contributed by atoms with E-state index < -0.39 is 0 Å². The lowest BCUT2D eigenvalue weighted by Gasteiger charge is -2.42. The van der Waals surface area contributed by atoms with Crippen LogP contribution in [0.4, 0.5) is 0 Å². The Morgan fingerprint density at radius 2 is 1.78 bits per heavy atom. The zero-order chi connectivity index (χ0) is 25.2. The summed E-state index contributed by atoms with van der Waals surface area (Å²) in [6.07, 6.45) is 9.89. The molecule has 3 heterocycles. The van der Waals surface area contributed by atoms with Gasteiger partial charge in [0.15, 0.2) is 0 Å². The summed E-state index contributed by atoms with van der Waals surface area (Å²) in [7, 11) is 0. The Bertz CT molecular complexity index is 1250. The fourth-order valence-corrected chi connectivity index (χ4v) is 6.18. The normalized spacial score (nSPS) is 19.4. The minimum atomic E-state index is 0.0535. The Labute approximate surface area is 222 Å². The van der Waals surface area contributed by atoms with Gasteiger partial charge in [-0.2, -0.15) is 0 Å². The van der Waals surface area contributed by atoms with Gasteiger partial charge in [0.05, 0.1) is 10.0 Å². The molecule has 2 fully saturated rings. The summed E-state index contributed by atoms with van der Waals surface area (Å²) in [5, 5.41) is 12.1. The average Bonchev–Trinajstić information content (AvgIpc) is 3.32. The summed E-state index contributed by atoms with van der Waals surface area (Å²) >= 11 is 12.0. The van der Waals surface area contributed by atoms with Crippen molar-refractivity contribution in [3.63, 3.8) is 0 Å². The van der Waals surface area contributed by atoms with Crippen LogP contribution in [0.3, 0.4) is 0 Å². The molecule has 2 aliphatic rings. The lowest BCUT2D eigenvalue weighted by atomic mass is 9.85. The predicted molar refractivity (Wildman–Crippen MR) is 148 cm³/mol. The Morgan fingerprint density at radius 3 is 2.50 bits per heavy atom. The van der Waals surface area contributed by atoms with E-state index in [4.69, 9.17) is 23.2 Å². The van der Waals surface area contributed by atoms with Crippen LogP contribution >= 0.6 is 23.2 Å². The number of halogens is 2. The van der Waals surface area contributed by atoms with Crippen molar-refractivity contribution >= 4 is 46.1 Å². The second-order valence-corrected chi connectivity index (χ2v) is 11.0. The molecule has 7 heteroatoms. The molecule has 36 heavy (non-hydrogen) atoms. The van der Waals surface area contributed by atoms with Crippen LogP contribution in [0.25, 0.3) is 17.0 Å². The monoisotopic (exact) mass is 525 g/mol. The number of likely N-dealkylation sites (tertiary alicyclic amines) is 2. The summed E-state index contributed by atoms with van der Waals surface area (Å²) in [5.74, 6) is 1.50. The van der Waals surface area contributed by atoms with Crippen molar-refractivity contribution in [2.24, 2.45) is 5.92 Å². The van der Waals surface area contributed by atoms with Gasteiger partial charge in [-0.25, -0.2) is 0 Å². The number of nitrogens with zero attached hydrogens (tertiary/aromatic N) is 2. The number of amides is 1. The van der Waals surface area contributed by atoms with Crippen LogP contribution in [0.5, 0.6) is 5.75 Å². The van der Waals surface area contributed by atoms with E-state index in [1.807, 2.05) is 23.1 Å². The van der Waals surface area contributed by atoms with Crippen molar-refractivity contribution in [1.29, 1.82) is 0 Å². The molecule has 5 nitrogen and oxygen atoms in total. The van der Waals surface area contributed by atoms with Gasteiger partial charge in [-0.1, -0.05) is 29.3 Å². The number of piperidine rings is 2. The fraction of sp³-hybridized carbons (Fsp3) is 0.414. The third-order valence-electron chi connectivity index (χ3n) is 8.14. The number of nitrogens with one attached hydrogen (secondary N) is 1. The van der Waals surface area contributed by atoms with E-state index in [1.54, 1.807) is 30.4 Å². The molecule has 2 aliphatic heterocycles. The molecule has 1 atom stereocenters. The van der Waals surface area contributed by atoms with Gasteiger partial charge in [0.1, 0.15) is 5.75 Å². The smallest absolute Gasteiger partial charge is 0.246 e. The van der Waals surface area contributed by atoms with Gasteiger partial charge in [0, 0.05) is 42.3 Å². The minimum Gasteiger partial charge on any atom is -0.508 e. The van der Waals surface area contributed by atoms with Crippen LogP contribution in [-0.2, 0) is 4.79 Å². The van der Waals surface area contributed by atoms with Crippen molar-refractivity contribution in [2.75, 3.05) is 26.2 Å². The molecule has 0 aliphatic carbocycles. The molecule has 2 N–H and O–H groups in total. The number of carbonyl (C=O) groups is 1. The maximum absolute atomic E-state index is 12.7. The number of hydrogen-bond acceptors (Lipinski definition) is 3. The molecule has 0 spiro atoms. The molecular formula is C29H33Cl2N3O2. The lowest BCUT2D eigenvalue weighted by Crippen LogP contribution is -2.47. The highest BCUT2D eigenvalue weighted by atomic mass is 35.5. The van der Waals surface area contributed by atoms with E-state index in [0.29, 0.717) is 33.7 Å². The highest BCUT2D eigenvalue weighted by Crippen LogP contribution is 2.36. The van der Waals surface area contributed by atoms with Gasteiger partial charge < -0.3 is 19.9 Å². The van der Waals surface area contributed by atoms with Gasteiger partial charge in [0.2, 0.25) is 5.91 Å². The summed E-state index contributed by atoms with van der Waals surface area (Å²) < 4.78 is 0. The molecule has 3 aromatic rings. The largest absolute Gasteiger partial charge is 0.508 e. The predicted octanol–water partition coefficient (Wildman–Crippen LogP) is 6.70. The van der Waals surface area contributed by atoms with E-state index in [1.165, 1.54) is 5.56 Å². The first-order chi connectivity index (χ1) is 17.4. The van der Waals surface area contributed by atoms with Crippen LogP contribution in [0.15, 0.2) is 48.7 Å². The Balaban J connectivity index is 1.11. The Kier molecular flexibility index (Phi) is 7.61. The van der Waals surface area contributed by atoms with Crippen molar-refractivity contribution < 1.29 is 9.90 Å². The maximum atomic E-state index is 12.7. The van der Waals surface area contributed by atoms with E-state index in [9.17, 15) is 9.90 Å². The number of H-pyrrole nitrogens is 1. The molecule has 0 radical (unpaired) electrons. The number of hydrogen-bond donors (Lipinski definition) is 2. The zero-order valence-corrected chi connectivity index (χ0v) is 22.1. The lowest BCUT2D eigenvalue weighted by molar-refractivity contribution is -0.127. The zero-order valence-electron chi connectivity index (χ0n) is 20.6. The molecule has 1 unspecified atom stereocenters. The fourth-order valence-electron chi connectivity index (χ4n) is 5.88. The second kappa shape index (κ2) is 10.9. The third-order valence-corrected chi connectivity index (χ3v) is 8.88. The van der Waals surface area contributed by atoms with Crippen molar-refractivity contribution in [3.05, 3.63) is 69.8 Å². The number of carbonyl (C=O) groups excluding carboxylic acids is 1. The maximum Gasteiger partial charge on any atom is 0.246 e. The standard InChI is InChI=1S/C29H33Cl2N3O2/c1-19(33-12-10-22(11-13-33)25-18-32-28-6-4-23(35)17-24(25)28)21-8-14-34(15-9-21)29(36)7-3-20-2-5-26(30)27(31)16-20/h2-7,16-19,21-22,32,35H,8-15H2,1H3. The summed E-state index contributed by atoms with van der Waals surface area (Å²) in [4.78, 5) is 20.7. The summed E-state index contributed by atoms with van der Waals surface area (Å²) in [6.45, 7) is 6.13.